The highest BCUT2D eigenvalue weighted by atomic mass is 35.5. The van der Waals surface area contributed by atoms with Crippen molar-refractivity contribution in [2.24, 2.45) is 11.3 Å². The van der Waals surface area contributed by atoms with Crippen LogP contribution in [0.15, 0.2) is 36.9 Å². The molecule has 0 spiro atoms. The van der Waals surface area contributed by atoms with Crippen molar-refractivity contribution in [1.82, 2.24) is 4.98 Å². The number of fused-ring (bicyclic) bond motifs is 5. The Kier molecular flexibility index (Phi) is 3.22. The van der Waals surface area contributed by atoms with Crippen LogP contribution in [0.4, 0.5) is 0 Å². The maximum Gasteiger partial charge on any atom is 0.240 e. The number of aromatic amines is 1. The molecule has 2 aliphatic carbocycles. The van der Waals surface area contributed by atoms with Gasteiger partial charge in [0.25, 0.3) is 0 Å². The summed E-state index contributed by atoms with van der Waals surface area (Å²) in [5, 5.41) is 1.21. The predicted molar refractivity (Wildman–Crippen MR) is 101 cm³/mol. The van der Waals surface area contributed by atoms with E-state index >= 15 is 0 Å². The molecule has 1 saturated carbocycles. The average molecular weight is 339 g/mol. The Morgan fingerprint density at radius 2 is 2.04 bits per heavy atom. The number of nitrogens with zero attached hydrogens (tertiary/aromatic N) is 1. The van der Waals surface area contributed by atoms with Gasteiger partial charge in [-0.2, -0.15) is 0 Å². The molecule has 1 fully saturated rings. The van der Waals surface area contributed by atoms with E-state index in [-0.39, 0.29) is 28.2 Å². The minimum atomic E-state index is -0.361. The van der Waals surface area contributed by atoms with Gasteiger partial charge in [-0.3, -0.25) is 0 Å². The number of benzene rings is 1. The Balaban J connectivity index is 2.01. The van der Waals surface area contributed by atoms with Gasteiger partial charge in [0, 0.05) is 22.0 Å². The van der Waals surface area contributed by atoms with Crippen LogP contribution in [-0.2, 0) is 5.41 Å². The first-order chi connectivity index (χ1) is 11.4. The molecule has 2 aliphatic rings. The third-order valence-electron chi connectivity index (χ3n) is 6.78. The van der Waals surface area contributed by atoms with Gasteiger partial charge in [0.1, 0.15) is 0 Å². The molecule has 1 aromatic carbocycles. The summed E-state index contributed by atoms with van der Waals surface area (Å²) in [4.78, 5) is 7.75. The predicted octanol–water partition coefficient (Wildman–Crippen LogP) is 5.65. The van der Waals surface area contributed by atoms with Gasteiger partial charge in [0.05, 0.1) is 16.7 Å². The second-order valence-electron chi connectivity index (χ2n) is 8.16. The van der Waals surface area contributed by atoms with Gasteiger partial charge in [-0.15, -0.1) is 18.2 Å². The van der Waals surface area contributed by atoms with Crippen molar-refractivity contribution in [2.45, 2.75) is 49.9 Å². The summed E-state index contributed by atoms with van der Waals surface area (Å²) in [5.74, 6) is 0.597. The topological polar surface area (TPSA) is 20.1 Å². The lowest BCUT2D eigenvalue weighted by atomic mass is 9.59. The highest BCUT2D eigenvalue weighted by molar-refractivity contribution is 6.21. The maximum absolute atomic E-state index is 7.94. The fraction of sp³-hybridized carbons (Fsp3) is 0.476. The number of H-pyrrole nitrogens is 1. The molecule has 3 heteroatoms. The van der Waals surface area contributed by atoms with E-state index in [2.05, 4.69) is 61.4 Å². The minimum Gasteiger partial charge on any atom is -0.358 e. The van der Waals surface area contributed by atoms with Gasteiger partial charge in [-0.05, 0) is 30.9 Å². The normalized spacial score (nSPS) is 36.8. The van der Waals surface area contributed by atoms with Crippen LogP contribution < -0.4 is 0 Å². The summed E-state index contributed by atoms with van der Waals surface area (Å²) < 4.78 is 0. The Morgan fingerprint density at radius 1 is 1.33 bits per heavy atom. The Hall–Kier alpha value is -1.72. The molecule has 0 radical (unpaired) electrons. The second kappa shape index (κ2) is 4.90. The lowest BCUT2D eigenvalue weighted by molar-refractivity contribution is 0.147. The van der Waals surface area contributed by atoms with Gasteiger partial charge in [-0.25, -0.2) is 6.57 Å². The van der Waals surface area contributed by atoms with E-state index in [4.69, 9.17) is 18.2 Å². The summed E-state index contributed by atoms with van der Waals surface area (Å²) >= 11 is 6.79. The first-order valence-corrected chi connectivity index (χ1v) is 9.05. The van der Waals surface area contributed by atoms with Crippen LogP contribution in [0.25, 0.3) is 15.7 Å². The lowest BCUT2D eigenvalue weighted by Gasteiger charge is -2.45. The van der Waals surface area contributed by atoms with Crippen LogP contribution in [0.2, 0.25) is 0 Å². The fourth-order valence-corrected chi connectivity index (χ4v) is 5.60. The first-order valence-electron chi connectivity index (χ1n) is 8.61. The molecule has 1 N–H and O–H groups in total. The standard InChI is InChI=1S/C21H23ClN2/c1-6-21(4)15(22)11-13-17(19(21)23-5)16-12-9-7-8-10-14(12)24-18(16)20(13,2)3/h6-10,13,15,17,19,24H,1,11H2,2-4H3/t13-,15+,17+,19+,21+/m0/s1. The van der Waals surface area contributed by atoms with Crippen molar-refractivity contribution in [3.05, 3.63) is 59.6 Å². The van der Waals surface area contributed by atoms with Crippen LogP contribution in [0.1, 0.15) is 44.4 Å². The van der Waals surface area contributed by atoms with Crippen LogP contribution in [0.5, 0.6) is 0 Å². The summed E-state index contributed by atoms with van der Waals surface area (Å²) in [7, 11) is 0. The molecule has 0 unspecified atom stereocenters. The SMILES string of the molecule is [C-]#[N+][C@@H]1[C@H]2c3c([nH]c4ccccc34)C(C)(C)[C@H]2C[C@@H](Cl)[C@@]1(C)C=C. The second-order valence-corrected chi connectivity index (χ2v) is 8.69. The van der Waals surface area contributed by atoms with Crippen molar-refractivity contribution in [2.75, 3.05) is 0 Å². The quantitative estimate of drug-likeness (QED) is 0.394. The Bertz CT molecular complexity index is 872. The number of aromatic nitrogens is 1. The van der Waals surface area contributed by atoms with Crippen molar-refractivity contribution >= 4 is 22.5 Å². The molecular weight excluding hydrogens is 316 g/mol. The van der Waals surface area contributed by atoms with Crippen LogP contribution >= 0.6 is 11.6 Å². The van der Waals surface area contributed by atoms with Gasteiger partial charge in [0.2, 0.25) is 6.04 Å². The van der Waals surface area contributed by atoms with Crippen molar-refractivity contribution in [1.29, 1.82) is 0 Å². The molecule has 2 nitrogen and oxygen atoms in total. The Morgan fingerprint density at radius 3 is 2.71 bits per heavy atom. The molecule has 0 aliphatic heterocycles. The highest BCUT2D eigenvalue weighted by Crippen LogP contribution is 2.63. The molecule has 5 atom stereocenters. The third-order valence-corrected chi connectivity index (χ3v) is 7.42. The number of para-hydroxylation sites is 1. The van der Waals surface area contributed by atoms with Crippen LogP contribution in [0.3, 0.4) is 0 Å². The number of alkyl halides is 1. The number of halogens is 1. The van der Waals surface area contributed by atoms with E-state index in [9.17, 15) is 0 Å². The monoisotopic (exact) mass is 338 g/mol. The van der Waals surface area contributed by atoms with Gasteiger partial charge in [-0.1, -0.05) is 38.1 Å². The van der Waals surface area contributed by atoms with Gasteiger partial charge in [0.15, 0.2) is 0 Å². The molecule has 0 amide bonds. The van der Waals surface area contributed by atoms with Crippen LogP contribution in [-0.4, -0.2) is 16.4 Å². The largest absolute Gasteiger partial charge is 0.358 e. The number of hydrogen-bond donors (Lipinski definition) is 1. The zero-order chi connectivity index (χ0) is 17.3. The molecule has 1 aromatic heterocycles. The smallest absolute Gasteiger partial charge is 0.240 e. The maximum atomic E-state index is 7.94. The molecular formula is C21H23ClN2. The highest BCUT2D eigenvalue weighted by Gasteiger charge is 2.63. The van der Waals surface area contributed by atoms with Crippen molar-refractivity contribution in [3.8, 4) is 0 Å². The summed E-state index contributed by atoms with van der Waals surface area (Å²) in [6.45, 7) is 18.7. The van der Waals surface area contributed by atoms with E-state index < -0.39 is 0 Å². The van der Waals surface area contributed by atoms with E-state index in [0.717, 1.165) is 6.42 Å². The minimum absolute atomic E-state index is 0.00238. The zero-order valence-electron chi connectivity index (χ0n) is 14.4. The van der Waals surface area contributed by atoms with E-state index in [0.29, 0.717) is 5.92 Å². The van der Waals surface area contributed by atoms with Gasteiger partial charge >= 0.3 is 0 Å². The summed E-state index contributed by atoms with van der Waals surface area (Å²) in [6.07, 6.45) is 2.84. The fourth-order valence-electron chi connectivity index (χ4n) is 5.19. The van der Waals surface area contributed by atoms with E-state index in [1.165, 1.54) is 22.2 Å². The molecule has 0 bridgehead atoms. The molecule has 2 aromatic rings. The molecule has 124 valence electrons. The van der Waals surface area contributed by atoms with E-state index in [1.807, 2.05) is 6.08 Å². The summed E-state index contributed by atoms with van der Waals surface area (Å²) in [5.41, 5.74) is 3.45. The molecule has 0 saturated heterocycles. The molecule has 1 heterocycles. The van der Waals surface area contributed by atoms with Crippen LogP contribution in [0, 0.1) is 17.9 Å². The number of rotatable bonds is 1. The van der Waals surface area contributed by atoms with Gasteiger partial charge < -0.3 is 9.83 Å². The number of hydrogen-bond acceptors (Lipinski definition) is 0. The van der Waals surface area contributed by atoms with Crippen molar-refractivity contribution in [3.63, 3.8) is 0 Å². The van der Waals surface area contributed by atoms with E-state index in [1.54, 1.807) is 0 Å². The molecule has 24 heavy (non-hydrogen) atoms. The molecule has 4 rings (SSSR count). The first kappa shape index (κ1) is 15.8. The number of nitrogens with one attached hydrogen (secondary N) is 1. The average Bonchev–Trinajstić information content (AvgIpc) is 3.04. The zero-order valence-corrected chi connectivity index (χ0v) is 15.2. The third kappa shape index (κ3) is 1.72. The summed E-state index contributed by atoms with van der Waals surface area (Å²) in [6, 6.07) is 8.29. The van der Waals surface area contributed by atoms with Crippen molar-refractivity contribution < 1.29 is 0 Å². The lowest BCUT2D eigenvalue weighted by Crippen LogP contribution is -2.49. The Labute approximate surface area is 148 Å².